The van der Waals surface area contributed by atoms with E-state index in [1.165, 1.54) is 129 Å². The predicted octanol–water partition coefficient (Wildman–Crippen LogP) is 9.54. The first-order valence-electron chi connectivity index (χ1n) is 13.5. The zero-order valence-electron chi connectivity index (χ0n) is 20.7. The second-order valence-electron chi connectivity index (χ2n) is 9.35. The topological polar surface area (TPSA) is 3.24 Å². The molecule has 0 fully saturated rings. The zero-order valence-corrected chi connectivity index (χ0v) is 20.7. The van der Waals surface area contributed by atoms with Crippen molar-refractivity contribution in [1.29, 1.82) is 0 Å². The van der Waals surface area contributed by atoms with Gasteiger partial charge >= 0.3 is 0 Å². The lowest BCUT2D eigenvalue weighted by molar-refractivity contribution is 0.113. The van der Waals surface area contributed by atoms with Crippen molar-refractivity contribution < 1.29 is 0 Å². The summed E-state index contributed by atoms with van der Waals surface area (Å²) in [7, 11) is 0. The summed E-state index contributed by atoms with van der Waals surface area (Å²) in [6.45, 7) is 13.2. The SMILES string of the molecule is CCCCCCCCN(C(C)CCCCCC)C(CCCCC)CCCCC. The minimum atomic E-state index is 0.778. The van der Waals surface area contributed by atoms with Gasteiger partial charge in [0, 0.05) is 12.1 Å². The normalized spacial score (nSPS) is 13.0. The van der Waals surface area contributed by atoms with Crippen LogP contribution in [0.15, 0.2) is 0 Å². The van der Waals surface area contributed by atoms with E-state index in [-0.39, 0.29) is 0 Å². The van der Waals surface area contributed by atoms with Crippen molar-refractivity contribution in [2.45, 2.75) is 169 Å². The molecule has 1 atom stereocenters. The molecule has 0 rings (SSSR count). The van der Waals surface area contributed by atoms with E-state index in [9.17, 15) is 0 Å². The van der Waals surface area contributed by atoms with Crippen LogP contribution in [-0.2, 0) is 0 Å². The zero-order chi connectivity index (χ0) is 20.9. The monoisotopic (exact) mass is 395 g/mol. The Kier molecular flexibility index (Phi) is 21.6. The molecule has 0 aliphatic rings. The fourth-order valence-electron chi connectivity index (χ4n) is 4.61. The minimum absolute atomic E-state index is 0.778. The molecule has 170 valence electrons. The summed E-state index contributed by atoms with van der Waals surface area (Å²) in [5.41, 5.74) is 0. The lowest BCUT2D eigenvalue weighted by atomic mass is 9.96. The third-order valence-electron chi connectivity index (χ3n) is 6.56. The highest BCUT2D eigenvalue weighted by Gasteiger charge is 2.22. The Balaban J connectivity index is 4.70. The van der Waals surface area contributed by atoms with Crippen LogP contribution in [0.3, 0.4) is 0 Å². The van der Waals surface area contributed by atoms with Crippen molar-refractivity contribution in [2.24, 2.45) is 0 Å². The predicted molar refractivity (Wildman–Crippen MR) is 130 cm³/mol. The van der Waals surface area contributed by atoms with Gasteiger partial charge in [0.2, 0.25) is 0 Å². The maximum atomic E-state index is 2.97. The van der Waals surface area contributed by atoms with Crippen LogP contribution in [0.1, 0.15) is 157 Å². The lowest BCUT2D eigenvalue weighted by Crippen LogP contribution is -2.42. The average Bonchev–Trinajstić information content (AvgIpc) is 2.70. The van der Waals surface area contributed by atoms with Crippen molar-refractivity contribution in [3.63, 3.8) is 0 Å². The van der Waals surface area contributed by atoms with E-state index in [4.69, 9.17) is 0 Å². The van der Waals surface area contributed by atoms with Gasteiger partial charge in [0.25, 0.3) is 0 Å². The fraction of sp³-hybridized carbons (Fsp3) is 1.00. The summed E-state index contributed by atoms with van der Waals surface area (Å²) in [5.74, 6) is 0. The molecule has 0 bridgehead atoms. The van der Waals surface area contributed by atoms with Crippen LogP contribution in [-0.4, -0.2) is 23.5 Å². The molecule has 0 aliphatic carbocycles. The van der Waals surface area contributed by atoms with E-state index < -0.39 is 0 Å². The Bertz CT molecular complexity index is 278. The summed E-state index contributed by atoms with van der Waals surface area (Å²) < 4.78 is 0. The van der Waals surface area contributed by atoms with Gasteiger partial charge in [-0.3, -0.25) is 4.90 Å². The number of hydrogen-bond donors (Lipinski definition) is 0. The highest BCUT2D eigenvalue weighted by atomic mass is 15.2. The van der Waals surface area contributed by atoms with Crippen LogP contribution < -0.4 is 0 Å². The molecule has 28 heavy (non-hydrogen) atoms. The van der Waals surface area contributed by atoms with E-state index in [0.717, 1.165) is 12.1 Å². The van der Waals surface area contributed by atoms with Gasteiger partial charge in [-0.15, -0.1) is 0 Å². The van der Waals surface area contributed by atoms with Gasteiger partial charge in [0.1, 0.15) is 0 Å². The van der Waals surface area contributed by atoms with Gasteiger partial charge in [0.05, 0.1) is 0 Å². The van der Waals surface area contributed by atoms with E-state index in [1.807, 2.05) is 0 Å². The Hall–Kier alpha value is -0.0400. The molecule has 1 unspecified atom stereocenters. The first-order chi connectivity index (χ1) is 13.7. The minimum Gasteiger partial charge on any atom is -0.298 e. The number of unbranched alkanes of at least 4 members (excludes halogenated alkanes) is 12. The largest absolute Gasteiger partial charge is 0.298 e. The maximum Gasteiger partial charge on any atom is 0.00980 e. The molecule has 1 nitrogen and oxygen atoms in total. The Morgan fingerprint density at radius 2 is 0.857 bits per heavy atom. The molecule has 0 amide bonds. The van der Waals surface area contributed by atoms with Crippen molar-refractivity contribution in [2.75, 3.05) is 6.54 Å². The molecule has 0 spiro atoms. The summed E-state index contributed by atoms with van der Waals surface area (Å²) in [5, 5.41) is 0. The van der Waals surface area contributed by atoms with Gasteiger partial charge in [-0.2, -0.15) is 0 Å². The van der Waals surface area contributed by atoms with Crippen molar-refractivity contribution >= 4 is 0 Å². The van der Waals surface area contributed by atoms with Crippen LogP contribution >= 0.6 is 0 Å². The van der Waals surface area contributed by atoms with Crippen molar-refractivity contribution in [3.8, 4) is 0 Å². The van der Waals surface area contributed by atoms with E-state index in [2.05, 4.69) is 39.5 Å². The summed E-state index contributed by atoms with van der Waals surface area (Å²) in [6.07, 6.45) is 26.9. The van der Waals surface area contributed by atoms with Crippen molar-refractivity contribution in [3.05, 3.63) is 0 Å². The Labute approximate surface area is 180 Å². The van der Waals surface area contributed by atoms with Gasteiger partial charge in [-0.1, -0.05) is 124 Å². The quantitative estimate of drug-likeness (QED) is 0.165. The summed E-state index contributed by atoms with van der Waals surface area (Å²) in [6, 6.07) is 1.62. The van der Waals surface area contributed by atoms with Gasteiger partial charge in [0.15, 0.2) is 0 Å². The second-order valence-corrected chi connectivity index (χ2v) is 9.35. The van der Waals surface area contributed by atoms with E-state index in [0.29, 0.717) is 0 Å². The molecule has 0 aromatic rings. The molecule has 0 aliphatic heterocycles. The molecular weight excluding hydrogens is 338 g/mol. The first-order valence-corrected chi connectivity index (χ1v) is 13.5. The van der Waals surface area contributed by atoms with E-state index >= 15 is 0 Å². The smallest absolute Gasteiger partial charge is 0.00980 e. The molecule has 0 saturated heterocycles. The molecule has 0 radical (unpaired) electrons. The molecule has 0 aromatic carbocycles. The molecule has 0 aromatic heterocycles. The van der Waals surface area contributed by atoms with Crippen LogP contribution in [0.2, 0.25) is 0 Å². The van der Waals surface area contributed by atoms with Crippen LogP contribution in [0.5, 0.6) is 0 Å². The van der Waals surface area contributed by atoms with Gasteiger partial charge in [-0.25, -0.2) is 0 Å². The van der Waals surface area contributed by atoms with Crippen LogP contribution in [0.4, 0.5) is 0 Å². The summed E-state index contributed by atoms with van der Waals surface area (Å²) >= 11 is 0. The molecular formula is C27H57N. The van der Waals surface area contributed by atoms with Gasteiger partial charge in [-0.05, 0) is 39.2 Å². The summed E-state index contributed by atoms with van der Waals surface area (Å²) in [4.78, 5) is 2.97. The third-order valence-corrected chi connectivity index (χ3v) is 6.56. The number of nitrogens with zero attached hydrogens (tertiary/aromatic N) is 1. The Morgan fingerprint density at radius 3 is 1.39 bits per heavy atom. The Morgan fingerprint density at radius 1 is 0.464 bits per heavy atom. The third kappa shape index (κ3) is 15.8. The van der Waals surface area contributed by atoms with Crippen molar-refractivity contribution in [1.82, 2.24) is 4.90 Å². The molecule has 1 heteroatoms. The maximum absolute atomic E-state index is 2.97. The fourth-order valence-corrected chi connectivity index (χ4v) is 4.61. The lowest BCUT2D eigenvalue weighted by Gasteiger charge is -2.37. The molecule has 0 saturated carbocycles. The molecule has 0 N–H and O–H groups in total. The van der Waals surface area contributed by atoms with Crippen LogP contribution in [0.25, 0.3) is 0 Å². The second kappa shape index (κ2) is 21.7. The first kappa shape index (κ1) is 28.0. The molecule has 0 heterocycles. The average molecular weight is 396 g/mol. The highest BCUT2D eigenvalue weighted by molar-refractivity contribution is 4.78. The van der Waals surface area contributed by atoms with Crippen LogP contribution in [0, 0.1) is 0 Å². The highest BCUT2D eigenvalue weighted by Crippen LogP contribution is 2.23. The standard InChI is InChI=1S/C27H57N/c1-6-10-14-16-17-21-25-28(26(5)22-20-15-11-7-2)27(23-18-12-8-3)24-19-13-9-4/h26-27H,6-25H2,1-5H3. The van der Waals surface area contributed by atoms with E-state index in [1.54, 1.807) is 0 Å². The van der Waals surface area contributed by atoms with Gasteiger partial charge < -0.3 is 0 Å². The number of hydrogen-bond acceptors (Lipinski definition) is 1. The number of rotatable bonds is 22.